The Morgan fingerprint density at radius 1 is 1.30 bits per heavy atom. The highest BCUT2D eigenvalue weighted by atomic mass is 35.5. The number of methoxy groups -OCH3 is 1. The van der Waals surface area contributed by atoms with Gasteiger partial charge in [-0.2, -0.15) is 0 Å². The second-order valence-electron chi connectivity index (χ2n) is 6.67. The summed E-state index contributed by atoms with van der Waals surface area (Å²) in [5, 5.41) is 6.70. The Bertz CT molecular complexity index is 759. The summed E-state index contributed by atoms with van der Waals surface area (Å²) in [6.45, 7) is 2.34. The molecule has 2 aromatic rings. The number of benzene rings is 1. The third-order valence-electron chi connectivity index (χ3n) is 4.75. The van der Waals surface area contributed by atoms with E-state index in [0.29, 0.717) is 29.7 Å². The zero-order valence-electron chi connectivity index (χ0n) is 15.3. The van der Waals surface area contributed by atoms with Crippen LogP contribution in [0.4, 0.5) is 5.69 Å². The van der Waals surface area contributed by atoms with E-state index in [4.69, 9.17) is 21.1 Å². The van der Waals surface area contributed by atoms with Crippen molar-refractivity contribution in [3.05, 3.63) is 53.3 Å². The molecule has 0 bridgehead atoms. The Morgan fingerprint density at radius 3 is 2.78 bits per heavy atom. The van der Waals surface area contributed by atoms with Crippen molar-refractivity contribution in [3.8, 4) is 5.75 Å². The standard InChI is InChI=1S/C20H24ClN3O3/c1-26-14-20(7-10-22-11-8-20)19(25)24-15-5-6-18(17(21)12-15)27-13-16-4-2-3-9-23-16/h2-6,9,12,22H,7-8,10-11,13-14H2,1H3,(H,24,25). The number of carbonyl (C=O) groups excluding carboxylic acids is 1. The molecule has 1 aromatic carbocycles. The number of aromatic nitrogens is 1. The Hall–Kier alpha value is -2.15. The van der Waals surface area contributed by atoms with Crippen LogP contribution in [0.3, 0.4) is 0 Å². The van der Waals surface area contributed by atoms with Crippen LogP contribution in [-0.2, 0) is 16.1 Å². The molecule has 144 valence electrons. The molecule has 0 saturated carbocycles. The SMILES string of the molecule is COCC1(C(=O)Nc2ccc(OCc3ccccn3)c(Cl)c2)CCNCC1. The summed E-state index contributed by atoms with van der Waals surface area (Å²) in [5.41, 5.74) is 0.947. The van der Waals surface area contributed by atoms with Crippen molar-refractivity contribution < 1.29 is 14.3 Å². The van der Waals surface area contributed by atoms with Gasteiger partial charge in [0.05, 0.1) is 22.7 Å². The monoisotopic (exact) mass is 389 g/mol. The van der Waals surface area contributed by atoms with E-state index in [2.05, 4.69) is 15.6 Å². The number of amides is 1. The highest BCUT2D eigenvalue weighted by Gasteiger charge is 2.39. The van der Waals surface area contributed by atoms with Crippen LogP contribution >= 0.6 is 11.6 Å². The van der Waals surface area contributed by atoms with Gasteiger partial charge in [-0.05, 0) is 56.3 Å². The molecule has 0 radical (unpaired) electrons. The van der Waals surface area contributed by atoms with E-state index in [1.807, 2.05) is 18.2 Å². The molecule has 3 rings (SSSR count). The van der Waals surface area contributed by atoms with Crippen LogP contribution in [0.15, 0.2) is 42.6 Å². The van der Waals surface area contributed by atoms with Gasteiger partial charge in [-0.3, -0.25) is 9.78 Å². The minimum Gasteiger partial charge on any atom is -0.486 e. The van der Waals surface area contributed by atoms with Crippen molar-refractivity contribution in [1.82, 2.24) is 10.3 Å². The molecule has 1 aliphatic rings. The van der Waals surface area contributed by atoms with Crippen LogP contribution in [0.25, 0.3) is 0 Å². The minimum atomic E-state index is -0.513. The van der Waals surface area contributed by atoms with Crippen LogP contribution < -0.4 is 15.4 Å². The number of carbonyl (C=O) groups is 1. The number of anilines is 1. The van der Waals surface area contributed by atoms with Crippen molar-refractivity contribution in [1.29, 1.82) is 0 Å². The lowest BCUT2D eigenvalue weighted by atomic mass is 9.78. The molecule has 1 aromatic heterocycles. The second kappa shape index (κ2) is 9.17. The maximum atomic E-state index is 12.9. The lowest BCUT2D eigenvalue weighted by molar-refractivity contribution is -0.130. The van der Waals surface area contributed by atoms with Crippen LogP contribution in [0.1, 0.15) is 18.5 Å². The van der Waals surface area contributed by atoms with Gasteiger partial charge < -0.3 is 20.1 Å². The number of ether oxygens (including phenoxy) is 2. The Labute approximate surface area is 164 Å². The fourth-order valence-corrected chi connectivity index (χ4v) is 3.45. The van der Waals surface area contributed by atoms with Gasteiger partial charge in [-0.25, -0.2) is 0 Å². The van der Waals surface area contributed by atoms with Crippen LogP contribution in [0.5, 0.6) is 5.75 Å². The number of pyridine rings is 1. The number of halogens is 1. The van der Waals surface area contributed by atoms with Gasteiger partial charge >= 0.3 is 0 Å². The average Bonchev–Trinajstić information content (AvgIpc) is 2.69. The van der Waals surface area contributed by atoms with Gasteiger partial charge in [0.1, 0.15) is 12.4 Å². The van der Waals surface area contributed by atoms with Crippen molar-refractivity contribution in [2.75, 3.05) is 32.1 Å². The van der Waals surface area contributed by atoms with E-state index >= 15 is 0 Å². The Balaban J connectivity index is 1.65. The van der Waals surface area contributed by atoms with Crippen molar-refractivity contribution in [3.63, 3.8) is 0 Å². The first-order valence-electron chi connectivity index (χ1n) is 8.96. The largest absolute Gasteiger partial charge is 0.486 e. The smallest absolute Gasteiger partial charge is 0.233 e. The number of nitrogens with zero attached hydrogens (tertiary/aromatic N) is 1. The predicted octanol–water partition coefficient (Wildman–Crippen LogP) is 3.27. The lowest BCUT2D eigenvalue weighted by Gasteiger charge is -2.35. The molecule has 2 heterocycles. The van der Waals surface area contributed by atoms with Crippen molar-refractivity contribution >= 4 is 23.2 Å². The van der Waals surface area contributed by atoms with E-state index in [1.54, 1.807) is 31.5 Å². The molecule has 1 saturated heterocycles. The summed E-state index contributed by atoms with van der Waals surface area (Å²) in [6.07, 6.45) is 3.20. The highest BCUT2D eigenvalue weighted by molar-refractivity contribution is 6.32. The number of hydrogen-bond acceptors (Lipinski definition) is 5. The average molecular weight is 390 g/mol. The summed E-state index contributed by atoms with van der Waals surface area (Å²) in [5.74, 6) is 0.512. The number of nitrogens with one attached hydrogen (secondary N) is 2. The molecule has 27 heavy (non-hydrogen) atoms. The predicted molar refractivity (Wildman–Crippen MR) is 105 cm³/mol. The van der Waals surface area contributed by atoms with Gasteiger partial charge in [0.25, 0.3) is 0 Å². The molecule has 6 nitrogen and oxygen atoms in total. The fourth-order valence-electron chi connectivity index (χ4n) is 3.21. The maximum absolute atomic E-state index is 12.9. The van der Waals surface area contributed by atoms with Crippen molar-refractivity contribution in [2.24, 2.45) is 5.41 Å². The molecule has 1 aliphatic heterocycles. The summed E-state index contributed by atoms with van der Waals surface area (Å²) >= 11 is 6.33. The third-order valence-corrected chi connectivity index (χ3v) is 5.05. The van der Waals surface area contributed by atoms with E-state index in [0.717, 1.165) is 31.6 Å². The quantitative estimate of drug-likeness (QED) is 0.760. The molecule has 0 spiro atoms. The first-order chi connectivity index (χ1) is 13.1. The summed E-state index contributed by atoms with van der Waals surface area (Å²) in [7, 11) is 1.63. The number of piperidine rings is 1. The summed E-state index contributed by atoms with van der Waals surface area (Å²) in [4.78, 5) is 17.1. The van der Waals surface area contributed by atoms with Crippen LogP contribution in [-0.4, -0.2) is 37.7 Å². The minimum absolute atomic E-state index is 0.0379. The second-order valence-corrected chi connectivity index (χ2v) is 7.08. The molecule has 1 fully saturated rings. The lowest BCUT2D eigenvalue weighted by Crippen LogP contribution is -2.47. The van der Waals surface area contributed by atoms with Crippen molar-refractivity contribution in [2.45, 2.75) is 19.4 Å². The molecule has 0 atom stereocenters. The van der Waals surface area contributed by atoms with E-state index in [-0.39, 0.29) is 5.91 Å². The van der Waals surface area contributed by atoms with Gasteiger partial charge in [0.15, 0.2) is 0 Å². The van der Waals surface area contributed by atoms with E-state index in [9.17, 15) is 4.79 Å². The molecule has 7 heteroatoms. The van der Waals surface area contributed by atoms with E-state index in [1.165, 1.54) is 0 Å². The maximum Gasteiger partial charge on any atom is 0.233 e. The topological polar surface area (TPSA) is 72.5 Å². The summed E-state index contributed by atoms with van der Waals surface area (Å²) in [6, 6.07) is 10.9. The Morgan fingerprint density at radius 2 is 2.11 bits per heavy atom. The number of hydrogen-bond donors (Lipinski definition) is 2. The molecule has 2 N–H and O–H groups in total. The van der Waals surface area contributed by atoms with Gasteiger partial charge in [-0.15, -0.1) is 0 Å². The molecule has 0 aliphatic carbocycles. The number of rotatable bonds is 7. The van der Waals surface area contributed by atoms with Crippen LogP contribution in [0, 0.1) is 5.41 Å². The van der Waals surface area contributed by atoms with E-state index < -0.39 is 5.41 Å². The zero-order valence-corrected chi connectivity index (χ0v) is 16.1. The zero-order chi connectivity index (χ0) is 19.1. The normalized spacial score (nSPS) is 15.9. The molecular formula is C20H24ClN3O3. The van der Waals surface area contributed by atoms with Gasteiger partial charge in [0.2, 0.25) is 5.91 Å². The fraction of sp³-hybridized carbons (Fsp3) is 0.400. The Kier molecular flexibility index (Phi) is 6.66. The van der Waals surface area contributed by atoms with Gasteiger partial charge in [0, 0.05) is 19.0 Å². The molecular weight excluding hydrogens is 366 g/mol. The third kappa shape index (κ3) is 4.97. The van der Waals surface area contributed by atoms with Crippen LogP contribution in [0.2, 0.25) is 5.02 Å². The summed E-state index contributed by atoms with van der Waals surface area (Å²) < 4.78 is 11.0. The van der Waals surface area contributed by atoms with Gasteiger partial charge in [-0.1, -0.05) is 17.7 Å². The first-order valence-corrected chi connectivity index (χ1v) is 9.34. The molecule has 0 unspecified atom stereocenters. The first kappa shape index (κ1) is 19.6. The molecule has 1 amide bonds. The highest BCUT2D eigenvalue weighted by Crippen LogP contribution is 2.33.